The van der Waals surface area contributed by atoms with Crippen LogP contribution in [0.5, 0.6) is 0 Å². The minimum Gasteiger partial charge on any atom is -0.364 e. The van der Waals surface area contributed by atoms with E-state index in [0.717, 1.165) is 56.2 Å². The van der Waals surface area contributed by atoms with Gasteiger partial charge >= 0.3 is 0 Å². The summed E-state index contributed by atoms with van der Waals surface area (Å²) in [5.41, 5.74) is 1.02. The summed E-state index contributed by atoms with van der Waals surface area (Å²) in [6.07, 6.45) is 10.2. The van der Waals surface area contributed by atoms with Gasteiger partial charge in [-0.15, -0.1) is 0 Å². The zero-order valence-corrected chi connectivity index (χ0v) is 15.4. The van der Waals surface area contributed by atoms with Crippen molar-refractivity contribution in [3.05, 3.63) is 18.0 Å². The summed E-state index contributed by atoms with van der Waals surface area (Å²) in [7, 11) is 1.92. The van der Waals surface area contributed by atoms with Crippen molar-refractivity contribution in [1.82, 2.24) is 20.3 Å². The standard InChI is InChI=1S/C19H31N5O/c1-20-19(21-18-13-17(18)15-5-3-2-4-6-15)24-10-8-23(9-11-24)14-16-7-12-25-22-16/h7,12,15,17-18H,2-6,8-11,13-14H2,1H3,(H,20,21). The highest BCUT2D eigenvalue weighted by atomic mass is 16.5. The molecule has 2 atom stereocenters. The van der Waals surface area contributed by atoms with Crippen LogP contribution in [-0.4, -0.2) is 60.2 Å². The summed E-state index contributed by atoms with van der Waals surface area (Å²) in [5, 5.41) is 7.76. The number of nitrogens with zero attached hydrogens (tertiary/aromatic N) is 4. The summed E-state index contributed by atoms with van der Waals surface area (Å²) in [4.78, 5) is 9.40. The number of hydrogen-bond acceptors (Lipinski definition) is 4. The minimum atomic E-state index is 0.662. The smallest absolute Gasteiger partial charge is 0.193 e. The van der Waals surface area contributed by atoms with Crippen molar-refractivity contribution in [2.24, 2.45) is 16.8 Å². The van der Waals surface area contributed by atoms with Gasteiger partial charge in [-0.05, 0) is 18.3 Å². The molecule has 138 valence electrons. The molecule has 6 nitrogen and oxygen atoms in total. The first-order valence-corrected chi connectivity index (χ1v) is 9.93. The van der Waals surface area contributed by atoms with Crippen LogP contribution in [0.3, 0.4) is 0 Å². The zero-order chi connectivity index (χ0) is 17.1. The molecule has 0 radical (unpaired) electrons. The van der Waals surface area contributed by atoms with Gasteiger partial charge < -0.3 is 14.7 Å². The van der Waals surface area contributed by atoms with Crippen molar-refractivity contribution in [3.63, 3.8) is 0 Å². The van der Waals surface area contributed by atoms with E-state index in [9.17, 15) is 0 Å². The molecule has 0 aromatic carbocycles. The van der Waals surface area contributed by atoms with Crippen LogP contribution in [0.2, 0.25) is 0 Å². The van der Waals surface area contributed by atoms with Gasteiger partial charge in [0.05, 0.1) is 5.69 Å². The van der Waals surface area contributed by atoms with E-state index in [1.54, 1.807) is 6.26 Å². The molecule has 0 amide bonds. The second kappa shape index (κ2) is 7.77. The molecule has 1 saturated heterocycles. The zero-order valence-electron chi connectivity index (χ0n) is 15.4. The van der Waals surface area contributed by atoms with E-state index in [0.29, 0.717) is 6.04 Å². The van der Waals surface area contributed by atoms with Crippen LogP contribution >= 0.6 is 0 Å². The Kier molecular flexibility index (Phi) is 5.25. The molecule has 0 spiro atoms. The Morgan fingerprint density at radius 2 is 2.04 bits per heavy atom. The van der Waals surface area contributed by atoms with Crippen molar-refractivity contribution in [3.8, 4) is 0 Å². The maximum absolute atomic E-state index is 4.93. The van der Waals surface area contributed by atoms with Gasteiger partial charge in [-0.3, -0.25) is 9.89 Å². The molecule has 1 aromatic rings. The van der Waals surface area contributed by atoms with Crippen molar-refractivity contribution in [2.75, 3.05) is 33.2 Å². The topological polar surface area (TPSA) is 56.9 Å². The second-order valence-corrected chi connectivity index (χ2v) is 7.85. The van der Waals surface area contributed by atoms with Gasteiger partial charge in [-0.2, -0.15) is 0 Å². The first-order valence-electron chi connectivity index (χ1n) is 9.93. The summed E-state index contributed by atoms with van der Waals surface area (Å²) in [6.45, 7) is 5.02. The van der Waals surface area contributed by atoms with Crippen LogP contribution in [0.1, 0.15) is 44.2 Å². The molecule has 2 aliphatic carbocycles. The monoisotopic (exact) mass is 345 g/mol. The van der Waals surface area contributed by atoms with E-state index < -0.39 is 0 Å². The molecule has 2 saturated carbocycles. The fraction of sp³-hybridized carbons (Fsp3) is 0.789. The maximum Gasteiger partial charge on any atom is 0.193 e. The molecule has 3 fully saturated rings. The summed E-state index contributed by atoms with van der Waals surface area (Å²) >= 11 is 0. The van der Waals surface area contributed by atoms with Gasteiger partial charge in [-0.25, -0.2) is 0 Å². The van der Waals surface area contributed by atoms with E-state index in [2.05, 4.69) is 25.3 Å². The van der Waals surface area contributed by atoms with Crippen molar-refractivity contribution in [1.29, 1.82) is 0 Å². The highest BCUT2D eigenvalue weighted by molar-refractivity contribution is 5.80. The van der Waals surface area contributed by atoms with E-state index >= 15 is 0 Å². The van der Waals surface area contributed by atoms with Crippen LogP contribution in [0, 0.1) is 11.8 Å². The Balaban J connectivity index is 1.23. The normalized spacial score (nSPS) is 29.0. The average Bonchev–Trinajstić information content (AvgIpc) is 3.25. The first-order chi connectivity index (χ1) is 12.3. The van der Waals surface area contributed by atoms with Crippen molar-refractivity contribution >= 4 is 5.96 Å². The molecule has 1 aliphatic heterocycles. The van der Waals surface area contributed by atoms with Gasteiger partial charge in [0.1, 0.15) is 6.26 Å². The molecule has 1 aromatic heterocycles. The van der Waals surface area contributed by atoms with Crippen LogP contribution in [0.4, 0.5) is 0 Å². The third kappa shape index (κ3) is 4.17. The van der Waals surface area contributed by atoms with Gasteiger partial charge in [0.25, 0.3) is 0 Å². The Hall–Kier alpha value is -1.56. The fourth-order valence-electron chi connectivity index (χ4n) is 4.59. The van der Waals surface area contributed by atoms with Crippen LogP contribution in [-0.2, 0) is 6.54 Å². The molecule has 2 unspecified atom stereocenters. The van der Waals surface area contributed by atoms with Gasteiger partial charge in [-0.1, -0.05) is 37.3 Å². The van der Waals surface area contributed by atoms with Gasteiger partial charge in [0.15, 0.2) is 5.96 Å². The Labute approximate surface area is 150 Å². The predicted molar refractivity (Wildman–Crippen MR) is 98.3 cm³/mol. The van der Waals surface area contributed by atoms with Crippen molar-refractivity contribution in [2.45, 2.75) is 51.1 Å². The second-order valence-electron chi connectivity index (χ2n) is 7.85. The molecule has 1 N–H and O–H groups in total. The Bertz CT molecular complexity index is 558. The lowest BCUT2D eigenvalue weighted by atomic mass is 9.85. The molecule has 0 bridgehead atoms. The highest BCUT2D eigenvalue weighted by Gasteiger charge is 2.43. The lowest BCUT2D eigenvalue weighted by Gasteiger charge is -2.36. The van der Waals surface area contributed by atoms with Crippen LogP contribution in [0.25, 0.3) is 0 Å². The average molecular weight is 345 g/mol. The largest absolute Gasteiger partial charge is 0.364 e. The van der Waals surface area contributed by atoms with Gasteiger partial charge in [0, 0.05) is 51.9 Å². The van der Waals surface area contributed by atoms with Gasteiger partial charge in [0.2, 0.25) is 0 Å². The fourth-order valence-corrected chi connectivity index (χ4v) is 4.59. The summed E-state index contributed by atoms with van der Waals surface area (Å²) in [6, 6.07) is 2.61. The molecular weight excluding hydrogens is 314 g/mol. The number of rotatable bonds is 4. The number of hydrogen-bond donors (Lipinski definition) is 1. The molecule has 4 rings (SSSR count). The lowest BCUT2D eigenvalue weighted by molar-refractivity contribution is 0.168. The third-order valence-corrected chi connectivity index (χ3v) is 6.17. The summed E-state index contributed by atoms with van der Waals surface area (Å²) in [5.74, 6) is 2.96. The van der Waals surface area contributed by atoms with Crippen LogP contribution < -0.4 is 5.32 Å². The van der Waals surface area contributed by atoms with E-state index in [1.807, 2.05) is 13.1 Å². The summed E-state index contributed by atoms with van der Waals surface area (Å²) < 4.78 is 4.93. The highest BCUT2D eigenvalue weighted by Crippen LogP contribution is 2.44. The van der Waals surface area contributed by atoms with E-state index in [-0.39, 0.29) is 0 Å². The SMILES string of the molecule is CN=C(NC1CC1C1CCCCC1)N1CCN(Cc2ccon2)CC1. The molecule has 3 aliphatic rings. The molecule has 2 heterocycles. The van der Waals surface area contributed by atoms with E-state index in [1.165, 1.54) is 38.5 Å². The number of aliphatic imine (C=N–C) groups is 1. The van der Waals surface area contributed by atoms with E-state index in [4.69, 9.17) is 4.52 Å². The minimum absolute atomic E-state index is 0.662. The number of aromatic nitrogens is 1. The quantitative estimate of drug-likeness (QED) is 0.670. The number of nitrogens with one attached hydrogen (secondary N) is 1. The molecule has 25 heavy (non-hydrogen) atoms. The lowest BCUT2D eigenvalue weighted by Crippen LogP contribution is -2.52. The Morgan fingerprint density at radius 1 is 1.24 bits per heavy atom. The third-order valence-electron chi connectivity index (χ3n) is 6.17. The maximum atomic E-state index is 4.93. The number of guanidine groups is 1. The first kappa shape index (κ1) is 16.9. The predicted octanol–water partition coefficient (Wildman–Crippen LogP) is 2.34. The van der Waals surface area contributed by atoms with Crippen LogP contribution in [0.15, 0.2) is 21.8 Å². The number of piperazine rings is 1. The molecule has 6 heteroatoms. The molecular formula is C19H31N5O. The Morgan fingerprint density at radius 3 is 2.72 bits per heavy atom. The van der Waals surface area contributed by atoms with Crippen molar-refractivity contribution < 1.29 is 4.52 Å².